The van der Waals surface area contributed by atoms with Gasteiger partial charge in [-0.1, -0.05) is 41.4 Å². The van der Waals surface area contributed by atoms with E-state index >= 15 is 0 Å². The van der Waals surface area contributed by atoms with E-state index < -0.39 is 18.5 Å². The van der Waals surface area contributed by atoms with Crippen LogP contribution in [0.2, 0.25) is 10.0 Å². The third-order valence-corrected chi connectivity index (χ3v) is 3.84. The number of rotatable bonds is 5. The van der Waals surface area contributed by atoms with E-state index in [-0.39, 0.29) is 5.02 Å². The number of amides is 1. The van der Waals surface area contributed by atoms with Crippen LogP contribution < -0.4 is 5.32 Å². The number of nitrogens with one attached hydrogen (secondary N) is 1. The highest BCUT2D eigenvalue weighted by Crippen LogP contribution is 2.29. The number of carbonyl (C=O) groups is 2. The van der Waals surface area contributed by atoms with Crippen molar-refractivity contribution in [1.82, 2.24) is 0 Å². The Hall–Kier alpha value is -2.81. The molecule has 7 heteroatoms. The second-order valence-corrected chi connectivity index (χ2v) is 5.61. The zero-order valence-corrected chi connectivity index (χ0v) is 14.3. The molecule has 1 N–H and O–H groups in total. The average molecular weight is 375 g/mol. The van der Waals surface area contributed by atoms with Crippen LogP contribution in [0.3, 0.4) is 0 Å². The Labute approximate surface area is 154 Å². The van der Waals surface area contributed by atoms with Crippen molar-refractivity contribution in [2.75, 3.05) is 11.9 Å². The summed E-state index contributed by atoms with van der Waals surface area (Å²) in [4.78, 5) is 23.4. The van der Waals surface area contributed by atoms with Gasteiger partial charge in [-0.05, 0) is 35.9 Å². The Bertz CT molecular complexity index is 856. The highest BCUT2D eigenvalue weighted by atomic mass is 35.5. The van der Waals surface area contributed by atoms with E-state index in [1.165, 1.54) is 12.2 Å². The molecule has 0 bridgehead atoms. The Kier molecular flexibility index (Phi) is 6.58. The van der Waals surface area contributed by atoms with Crippen molar-refractivity contribution in [2.24, 2.45) is 0 Å². The van der Waals surface area contributed by atoms with Gasteiger partial charge in [-0.3, -0.25) is 4.79 Å². The van der Waals surface area contributed by atoms with Crippen molar-refractivity contribution < 1.29 is 14.3 Å². The fourth-order valence-electron chi connectivity index (χ4n) is 1.80. The molecule has 0 radical (unpaired) electrons. The van der Waals surface area contributed by atoms with Crippen LogP contribution in [0.5, 0.6) is 0 Å². The first-order valence-electron chi connectivity index (χ1n) is 7.08. The number of halogens is 2. The molecule has 2 aromatic carbocycles. The van der Waals surface area contributed by atoms with Crippen LogP contribution in [0, 0.1) is 11.3 Å². The van der Waals surface area contributed by atoms with Gasteiger partial charge in [-0.2, -0.15) is 5.26 Å². The summed E-state index contributed by atoms with van der Waals surface area (Å²) in [7, 11) is 0. The highest BCUT2D eigenvalue weighted by molar-refractivity contribution is 6.44. The summed E-state index contributed by atoms with van der Waals surface area (Å²) in [6.45, 7) is -0.459. The molecule has 0 aliphatic carbocycles. The summed E-state index contributed by atoms with van der Waals surface area (Å²) in [5, 5.41) is 11.7. The molecule has 0 aliphatic heterocycles. The van der Waals surface area contributed by atoms with Gasteiger partial charge in [0.1, 0.15) is 0 Å². The number of carbonyl (C=O) groups excluding carboxylic acids is 2. The number of nitriles is 1. The lowest BCUT2D eigenvalue weighted by atomic mass is 10.1. The molecule has 25 heavy (non-hydrogen) atoms. The van der Waals surface area contributed by atoms with Gasteiger partial charge in [0.2, 0.25) is 0 Å². The fourth-order valence-corrected chi connectivity index (χ4v) is 2.15. The first-order chi connectivity index (χ1) is 12.0. The molecule has 0 aromatic heterocycles. The van der Waals surface area contributed by atoms with Crippen molar-refractivity contribution in [2.45, 2.75) is 0 Å². The van der Waals surface area contributed by atoms with E-state index in [0.717, 1.165) is 5.56 Å². The van der Waals surface area contributed by atoms with Crippen LogP contribution in [-0.4, -0.2) is 18.5 Å². The predicted octanol–water partition coefficient (Wildman–Crippen LogP) is 4.06. The number of nitrogens with zero attached hydrogens (tertiary/aromatic N) is 1. The molecule has 2 aromatic rings. The van der Waals surface area contributed by atoms with Crippen molar-refractivity contribution in [3.05, 3.63) is 69.7 Å². The number of hydrogen-bond donors (Lipinski definition) is 1. The summed E-state index contributed by atoms with van der Waals surface area (Å²) in [6.07, 6.45) is 2.72. The molecule has 1 amide bonds. The Morgan fingerprint density at radius 1 is 1.16 bits per heavy atom. The zero-order valence-electron chi connectivity index (χ0n) is 12.8. The Morgan fingerprint density at radius 2 is 1.88 bits per heavy atom. The smallest absolute Gasteiger partial charge is 0.331 e. The molecule has 126 valence electrons. The maximum absolute atomic E-state index is 11.8. The van der Waals surface area contributed by atoms with Crippen LogP contribution in [0.25, 0.3) is 6.08 Å². The number of benzene rings is 2. The lowest BCUT2D eigenvalue weighted by Gasteiger charge is -2.08. The first kappa shape index (κ1) is 18.5. The first-order valence-corrected chi connectivity index (χ1v) is 7.84. The minimum absolute atomic E-state index is 0.213. The van der Waals surface area contributed by atoms with Gasteiger partial charge >= 0.3 is 5.97 Å². The van der Waals surface area contributed by atoms with Crippen molar-refractivity contribution in [1.29, 1.82) is 5.26 Å². The topological polar surface area (TPSA) is 79.2 Å². The van der Waals surface area contributed by atoms with Gasteiger partial charge in [-0.15, -0.1) is 0 Å². The molecule has 0 saturated carbocycles. The molecule has 0 atom stereocenters. The largest absolute Gasteiger partial charge is 0.452 e. The van der Waals surface area contributed by atoms with E-state index in [1.54, 1.807) is 42.5 Å². The maximum atomic E-state index is 11.8. The van der Waals surface area contributed by atoms with Gasteiger partial charge in [0.05, 0.1) is 27.4 Å². The lowest BCUT2D eigenvalue weighted by molar-refractivity contribution is -0.142. The van der Waals surface area contributed by atoms with E-state index in [0.29, 0.717) is 16.3 Å². The normalized spacial score (nSPS) is 10.3. The average Bonchev–Trinajstić information content (AvgIpc) is 2.62. The number of ether oxygens (including phenoxy) is 1. The maximum Gasteiger partial charge on any atom is 0.331 e. The zero-order chi connectivity index (χ0) is 18.2. The number of hydrogen-bond acceptors (Lipinski definition) is 4. The Balaban J connectivity index is 1.84. The summed E-state index contributed by atoms with van der Waals surface area (Å²) in [6, 6.07) is 13.5. The van der Waals surface area contributed by atoms with Crippen molar-refractivity contribution >= 4 is 46.8 Å². The van der Waals surface area contributed by atoms with E-state index in [4.69, 9.17) is 33.2 Å². The quantitative estimate of drug-likeness (QED) is 0.631. The summed E-state index contributed by atoms with van der Waals surface area (Å²) in [5.74, 6) is -1.21. The van der Waals surface area contributed by atoms with Gasteiger partial charge in [0, 0.05) is 6.08 Å². The molecule has 2 rings (SSSR count). The highest BCUT2D eigenvalue weighted by Gasteiger charge is 2.09. The van der Waals surface area contributed by atoms with Crippen LogP contribution in [0.1, 0.15) is 11.1 Å². The monoisotopic (exact) mass is 374 g/mol. The minimum Gasteiger partial charge on any atom is -0.452 e. The molecule has 0 aliphatic rings. The second kappa shape index (κ2) is 8.88. The SMILES string of the molecule is N#Cc1ccc(/C=C/C(=O)OCC(=O)Nc2cccc(Cl)c2Cl)cc1. The minimum atomic E-state index is -0.670. The van der Waals surface area contributed by atoms with Crippen LogP contribution in [0.15, 0.2) is 48.5 Å². The standard InChI is InChI=1S/C18H12Cl2N2O3/c19-14-2-1-3-15(18(14)20)22-16(23)11-25-17(24)9-8-12-4-6-13(10-21)7-5-12/h1-9H,11H2,(H,22,23)/b9-8+. The van der Waals surface area contributed by atoms with Gasteiger partial charge in [0.15, 0.2) is 6.61 Å². The van der Waals surface area contributed by atoms with Crippen LogP contribution >= 0.6 is 23.2 Å². The van der Waals surface area contributed by atoms with Crippen molar-refractivity contribution in [3.63, 3.8) is 0 Å². The van der Waals surface area contributed by atoms with E-state index in [1.807, 2.05) is 6.07 Å². The van der Waals surface area contributed by atoms with Crippen LogP contribution in [-0.2, 0) is 14.3 Å². The summed E-state index contributed by atoms with van der Waals surface area (Å²) in [5.41, 5.74) is 1.59. The van der Waals surface area contributed by atoms with E-state index in [9.17, 15) is 9.59 Å². The van der Waals surface area contributed by atoms with E-state index in [2.05, 4.69) is 5.32 Å². The molecule has 0 heterocycles. The third kappa shape index (κ3) is 5.64. The lowest BCUT2D eigenvalue weighted by Crippen LogP contribution is -2.20. The second-order valence-electron chi connectivity index (χ2n) is 4.82. The van der Waals surface area contributed by atoms with Crippen molar-refractivity contribution in [3.8, 4) is 6.07 Å². The van der Waals surface area contributed by atoms with Gasteiger partial charge < -0.3 is 10.1 Å². The molecular weight excluding hydrogens is 363 g/mol. The summed E-state index contributed by atoms with van der Waals surface area (Å²) >= 11 is 11.8. The molecule has 0 spiro atoms. The predicted molar refractivity (Wildman–Crippen MR) is 96.2 cm³/mol. The molecule has 0 saturated heterocycles. The molecule has 0 unspecified atom stereocenters. The number of esters is 1. The van der Waals surface area contributed by atoms with Gasteiger partial charge in [-0.25, -0.2) is 4.79 Å². The van der Waals surface area contributed by atoms with Crippen LogP contribution in [0.4, 0.5) is 5.69 Å². The Morgan fingerprint density at radius 3 is 2.56 bits per heavy atom. The molecule has 5 nitrogen and oxygen atoms in total. The fraction of sp³-hybridized carbons (Fsp3) is 0.0556. The van der Waals surface area contributed by atoms with Gasteiger partial charge in [0.25, 0.3) is 5.91 Å². The molecule has 0 fully saturated rings. The number of anilines is 1. The summed E-state index contributed by atoms with van der Waals surface area (Å²) < 4.78 is 4.85. The third-order valence-electron chi connectivity index (χ3n) is 3.02. The molecular formula is C18H12Cl2N2O3.